The maximum Gasteiger partial charge on any atom is 0.407 e. The van der Waals surface area contributed by atoms with E-state index < -0.39 is 45.1 Å². The SMILES string of the molecule is Cc1cccc(S(=O)(=O)N(CC(O)C(Cc2ccccc2)NC(=O)OC(C)(C)C)CC(C)(C)CCC2(C)OCCO2)c1. The van der Waals surface area contributed by atoms with Crippen LogP contribution in [0.15, 0.2) is 59.5 Å². The first-order valence-corrected chi connectivity index (χ1v) is 16.0. The number of benzene rings is 2. The standard InChI is InChI=1S/C32H48N2O7S/c1-24-12-11-15-26(20-24)42(37,38)34(23-31(5,6)16-17-32(7)39-18-19-40-32)22-28(35)27(21-25-13-9-8-10-14-25)33-29(36)41-30(2,3)4/h8-15,20,27-28,35H,16-19,21-23H2,1-7H3,(H,33,36). The Morgan fingerprint density at radius 1 is 1.07 bits per heavy atom. The fraction of sp³-hybridized carbons (Fsp3) is 0.594. The maximum absolute atomic E-state index is 14.1. The van der Waals surface area contributed by atoms with Crippen molar-refractivity contribution in [3.05, 3.63) is 65.7 Å². The largest absolute Gasteiger partial charge is 0.444 e. The number of hydrogen-bond donors (Lipinski definition) is 2. The summed E-state index contributed by atoms with van der Waals surface area (Å²) in [7, 11) is -4.00. The van der Waals surface area contributed by atoms with Crippen LogP contribution in [0.5, 0.6) is 0 Å². The summed E-state index contributed by atoms with van der Waals surface area (Å²) in [5.74, 6) is -0.699. The van der Waals surface area contributed by atoms with Gasteiger partial charge in [0.05, 0.1) is 30.3 Å². The molecule has 2 unspecified atom stereocenters. The van der Waals surface area contributed by atoms with Gasteiger partial charge in [-0.25, -0.2) is 13.2 Å². The van der Waals surface area contributed by atoms with Gasteiger partial charge in [0.25, 0.3) is 0 Å². The fourth-order valence-corrected chi connectivity index (χ4v) is 6.69. The molecule has 0 spiro atoms. The summed E-state index contributed by atoms with van der Waals surface area (Å²) < 4.78 is 46.5. The summed E-state index contributed by atoms with van der Waals surface area (Å²) in [5.41, 5.74) is 0.478. The molecule has 42 heavy (non-hydrogen) atoms. The van der Waals surface area contributed by atoms with Gasteiger partial charge in [-0.05, 0) is 76.1 Å². The summed E-state index contributed by atoms with van der Waals surface area (Å²) in [6.07, 6.45) is -0.399. The van der Waals surface area contributed by atoms with Gasteiger partial charge in [0.2, 0.25) is 10.0 Å². The molecule has 1 aliphatic heterocycles. The van der Waals surface area contributed by atoms with Gasteiger partial charge in [0, 0.05) is 19.5 Å². The lowest BCUT2D eigenvalue weighted by Crippen LogP contribution is -2.52. The van der Waals surface area contributed by atoms with E-state index in [0.29, 0.717) is 26.1 Å². The van der Waals surface area contributed by atoms with E-state index in [9.17, 15) is 18.3 Å². The third-order valence-corrected chi connectivity index (χ3v) is 9.05. The number of nitrogens with zero attached hydrogens (tertiary/aromatic N) is 1. The highest BCUT2D eigenvalue weighted by atomic mass is 32.2. The van der Waals surface area contributed by atoms with Crippen molar-refractivity contribution in [2.45, 2.75) is 96.2 Å². The average Bonchev–Trinajstić information content (AvgIpc) is 3.33. The van der Waals surface area contributed by atoms with Crippen LogP contribution in [0.3, 0.4) is 0 Å². The number of alkyl carbamates (subject to hydrolysis) is 1. The molecule has 2 N–H and O–H groups in total. The number of hydrogen-bond acceptors (Lipinski definition) is 7. The molecule has 3 rings (SSSR count). The molecule has 2 aromatic rings. The molecule has 2 atom stereocenters. The smallest absolute Gasteiger partial charge is 0.407 e. The minimum absolute atomic E-state index is 0.140. The third-order valence-electron chi connectivity index (χ3n) is 7.24. The zero-order valence-corrected chi connectivity index (χ0v) is 26.9. The molecule has 0 aromatic heterocycles. The van der Waals surface area contributed by atoms with Crippen LogP contribution in [0.4, 0.5) is 4.79 Å². The van der Waals surface area contributed by atoms with Crippen LogP contribution in [-0.2, 0) is 30.7 Å². The van der Waals surface area contributed by atoms with Gasteiger partial charge in [0.1, 0.15) is 5.60 Å². The van der Waals surface area contributed by atoms with Crippen molar-refractivity contribution in [1.82, 2.24) is 9.62 Å². The number of aliphatic hydroxyl groups is 1. The summed E-state index contributed by atoms with van der Waals surface area (Å²) in [6, 6.07) is 15.4. The van der Waals surface area contributed by atoms with Crippen LogP contribution >= 0.6 is 0 Å². The molecule has 1 heterocycles. The molecule has 1 saturated heterocycles. The summed E-state index contributed by atoms with van der Waals surface area (Å²) in [6.45, 7) is 14.0. The van der Waals surface area contributed by atoms with Crippen LogP contribution in [-0.4, -0.2) is 73.8 Å². The molecule has 0 bridgehead atoms. The second-order valence-electron chi connectivity index (χ2n) is 13.1. The van der Waals surface area contributed by atoms with Crippen molar-refractivity contribution >= 4 is 16.1 Å². The first-order valence-electron chi connectivity index (χ1n) is 14.5. The zero-order valence-electron chi connectivity index (χ0n) is 26.1. The summed E-state index contributed by atoms with van der Waals surface area (Å²) in [4.78, 5) is 12.9. The molecule has 2 aromatic carbocycles. The van der Waals surface area contributed by atoms with Gasteiger partial charge in [-0.2, -0.15) is 4.31 Å². The number of nitrogens with one attached hydrogen (secondary N) is 1. The number of ether oxygens (including phenoxy) is 3. The number of carbonyl (C=O) groups is 1. The Hall–Kier alpha value is -2.50. The minimum Gasteiger partial charge on any atom is -0.444 e. The van der Waals surface area contributed by atoms with E-state index in [-0.39, 0.29) is 24.4 Å². The number of aliphatic hydroxyl groups excluding tert-OH is 1. The first kappa shape index (κ1) is 34.0. The Labute approximate surface area is 251 Å². The number of aryl methyl sites for hydroxylation is 1. The van der Waals surface area contributed by atoms with Crippen LogP contribution in [0.1, 0.15) is 65.5 Å². The monoisotopic (exact) mass is 604 g/mol. The van der Waals surface area contributed by atoms with Crippen molar-refractivity contribution in [3.63, 3.8) is 0 Å². The Balaban J connectivity index is 1.89. The normalized spacial score (nSPS) is 17.2. The Bertz CT molecular complexity index is 1270. The van der Waals surface area contributed by atoms with Gasteiger partial charge >= 0.3 is 6.09 Å². The van der Waals surface area contributed by atoms with Gasteiger partial charge in [-0.3, -0.25) is 0 Å². The van der Waals surface area contributed by atoms with Gasteiger partial charge in [0.15, 0.2) is 5.79 Å². The lowest BCUT2D eigenvalue weighted by molar-refractivity contribution is -0.151. The van der Waals surface area contributed by atoms with Gasteiger partial charge in [-0.15, -0.1) is 0 Å². The van der Waals surface area contributed by atoms with Crippen molar-refractivity contribution in [2.75, 3.05) is 26.3 Å². The van der Waals surface area contributed by atoms with Crippen molar-refractivity contribution in [2.24, 2.45) is 5.41 Å². The number of sulfonamides is 1. The highest BCUT2D eigenvalue weighted by molar-refractivity contribution is 7.89. The molecule has 1 fully saturated rings. The Morgan fingerprint density at radius 3 is 2.31 bits per heavy atom. The lowest BCUT2D eigenvalue weighted by atomic mass is 9.86. The van der Waals surface area contributed by atoms with E-state index in [2.05, 4.69) is 5.32 Å². The third kappa shape index (κ3) is 10.3. The molecule has 0 aliphatic carbocycles. The van der Waals surface area contributed by atoms with E-state index in [0.717, 1.165) is 11.1 Å². The maximum atomic E-state index is 14.1. The summed E-state index contributed by atoms with van der Waals surface area (Å²) in [5, 5.41) is 14.4. The van der Waals surface area contributed by atoms with Crippen molar-refractivity contribution < 1.29 is 32.5 Å². The van der Waals surface area contributed by atoms with Crippen LogP contribution in [0, 0.1) is 12.3 Å². The molecule has 0 radical (unpaired) electrons. The zero-order chi connectivity index (χ0) is 31.2. The Kier molecular flexibility index (Phi) is 11.2. The van der Waals surface area contributed by atoms with E-state index in [1.54, 1.807) is 39.0 Å². The highest BCUT2D eigenvalue weighted by Gasteiger charge is 2.38. The highest BCUT2D eigenvalue weighted by Crippen LogP contribution is 2.33. The van der Waals surface area contributed by atoms with Gasteiger partial charge in [-0.1, -0.05) is 56.3 Å². The second-order valence-corrected chi connectivity index (χ2v) is 15.1. The first-order chi connectivity index (χ1) is 19.5. The molecule has 10 heteroatoms. The average molecular weight is 605 g/mol. The quantitative estimate of drug-likeness (QED) is 0.329. The molecular weight excluding hydrogens is 556 g/mol. The van der Waals surface area contributed by atoms with Crippen LogP contribution < -0.4 is 5.32 Å². The molecule has 234 valence electrons. The van der Waals surface area contributed by atoms with Crippen molar-refractivity contribution in [3.8, 4) is 0 Å². The predicted molar refractivity (Wildman–Crippen MR) is 163 cm³/mol. The minimum atomic E-state index is -4.00. The predicted octanol–water partition coefficient (Wildman–Crippen LogP) is 5.05. The summed E-state index contributed by atoms with van der Waals surface area (Å²) >= 11 is 0. The van der Waals surface area contributed by atoms with E-state index in [1.165, 1.54) is 4.31 Å². The molecular formula is C32H48N2O7S. The molecule has 1 aliphatic rings. The van der Waals surface area contributed by atoms with Crippen molar-refractivity contribution in [1.29, 1.82) is 0 Å². The number of rotatable bonds is 13. The van der Waals surface area contributed by atoms with E-state index in [4.69, 9.17) is 14.2 Å². The Morgan fingerprint density at radius 2 is 1.71 bits per heavy atom. The molecule has 0 saturated carbocycles. The lowest BCUT2D eigenvalue weighted by Gasteiger charge is -2.36. The van der Waals surface area contributed by atoms with Crippen LogP contribution in [0.2, 0.25) is 0 Å². The number of carbonyl (C=O) groups excluding carboxylic acids is 1. The van der Waals surface area contributed by atoms with E-state index in [1.807, 2.05) is 64.1 Å². The van der Waals surface area contributed by atoms with Gasteiger partial charge < -0.3 is 24.6 Å². The number of amides is 1. The van der Waals surface area contributed by atoms with Crippen LogP contribution in [0.25, 0.3) is 0 Å². The molecule has 1 amide bonds. The topological polar surface area (TPSA) is 114 Å². The second kappa shape index (κ2) is 13.9. The van der Waals surface area contributed by atoms with E-state index >= 15 is 0 Å². The fourth-order valence-electron chi connectivity index (χ4n) is 4.94. The molecule has 9 nitrogen and oxygen atoms in total.